The minimum Gasteiger partial charge on any atom is -0.493 e. The lowest BCUT2D eigenvalue weighted by Crippen LogP contribution is -2.00. The molecule has 0 fully saturated rings. The van der Waals surface area contributed by atoms with Gasteiger partial charge >= 0.3 is 0 Å². The number of ether oxygens (including phenoxy) is 1. The second-order valence-electron chi connectivity index (χ2n) is 3.93. The quantitative estimate of drug-likeness (QED) is 0.698. The summed E-state index contributed by atoms with van der Waals surface area (Å²) < 4.78 is 5.71. The molecule has 1 rings (SSSR count). The van der Waals surface area contributed by atoms with Crippen LogP contribution in [-0.4, -0.2) is 6.61 Å². The van der Waals surface area contributed by atoms with Crippen LogP contribution in [0.3, 0.4) is 0 Å². The first-order valence-corrected chi connectivity index (χ1v) is 5.81. The molecule has 0 saturated carbocycles. The van der Waals surface area contributed by atoms with E-state index in [1.54, 1.807) is 0 Å². The summed E-state index contributed by atoms with van der Waals surface area (Å²) in [6.45, 7) is 8.85. The van der Waals surface area contributed by atoms with Gasteiger partial charge in [0.25, 0.3) is 0 Å². The summed E-state index contributed by atoms with van der Waals surface area (Å²) in [5.74, 6) is 7.07. The van der Waals surface area contributed by atoms with E-state index in [0.29, 0.717) is 0 Å². The molecule has 1 aromatic rings. The standard InChI is InChI=1S/C15H20O/c1-5-7-8-9-14-11-12(3)10-13(4)15(14)16-6-2/h10-11H,6,8-9H2,1-4H3. The Bertz CT molecular complexity index is 407. The van der Waals surface area contributed by atoms with E-state index in [0.717, 1.165) is 25.2 Å². The molecule has 0 atom stereocenters. The Balaban J connectivity index is 2.96. The normalized spacial score (nSPS) is 9.50. The van der Waals surface area contributed by atoms with Gasteiger partial charge in [-0.15, -0.1) is 11.8 Å². The number of hydrogen-bond donors (Lipinski definition) is 0. The summed E-state index contributed by atoms with van der Waals surface area (Å²) in [6, 6.07) is 4.37. The molecular weight excluding hydrogens is 196 g/mol. The molecule has 0 spiro atoms. The first kappa shape index (κ1) is 12.6. The molecule has 0 heterocycles. The van der Waals surface area contributed by atoms with Crippen LogP contribution in [0.2, 0.25) is 0 Å². The van der Waals surface area contributed by atoms with E-state index in [9.17, 15) is 0 Å². The highest BCUT2D eigenvalue weighted by Crippen LogP contribution is 2.26. The van der Waals surface area contributed by atoms with Crippen molar-refractivity contribution in [2.24, 2.45) is 0 Å². The monoisotopic (exact) mass is 216 g/mol. The predicted octanol–water partition coefficient (Wildman–Crippen LogP) is 3.66. The zero-order chi connectivity index (χ0) is 12.0. The van der Waals surface area contributed by atoms with Gasteiger partial charge in [-0.25, -0.2) is 0 Å². The van der Waals surface area contributed by atoms with Crippen molar-refractivity contribution in [2.75, 3.05) is 6.61 Å². The van der Waals surface area contributed by atoms with E-state index in [1.807, 2.05) is 13.8 Å². The summed E-state index contributed by atoms with van der Waals surface area (Å²) in [6.07, 6.45) is 1.87. The van der Waals surface area contributed by atoms with Gasteiger partial charge in [0.05, 0.1) is 6.61 Å². The molecule has 1 nitrogen and oxygen atoms in total. The minimum atomic E-state index is 0.719. The van der Waals surface area contributed by atoms with E-state index in [4.69, 9.17) is 4.74 Å². The fraction of sp³-hybridized carbons (Fsp3) is 0.467. The topological polar surface area (TPSA) is 9.23 Å². The number of hydrogen-bond acceptors (Lipinski definition) is 1. The smallest absolute Gasteiger partial charge is 0.125 e. The van der Waals surface area contributed by atoms with Gasteiger partial charge in [-0.05, 0) is 45.2 Å². The summed E-state index contributed by atoms with van der Waals surface area (Å²) in [7, 11) is 0. The van der Waals surface area contributed by atoms with Gasteiger partial charge in [0.15, 0.2) is 0 Å². The maximum atomic E-state index is 5.71. The maximum Gasteiger partial charge on any atom is 0.125 e. The maximum absolute atomic E-state index is 5.71. The Hall–Kier alpha value is -1.42. The lowest BCUT2D eigenvalue weighted by atomic mass is 10.0. The molecule has 0 aliphatic heterocycles. The summed E-state index contributed by atoms with van der Waals surface area (Å²) in [5.41, 5.74) is 3.80. The highest BCUT2D eigenvalue weighted by Gasteiger charge is 2.07. The minimum absolute atomic E-state index is 0.719. The third-order valence-electron chi connectivity index (χ3n) is 2.48. The van der Waals surface area contributed by atoms with Crippen LogP contribution in [0.15, 0.2) is 12.1 Å². The highest BCUT2D eigenvalue weighted by atomic mass is 16.5. The van der Waals surface area contributed by atoms with Crippen LogP contribution in [0.5, 0.6) is 5.75 Å². The summed E-state index contributed by atoms with van der Waals surface area (Å²) in [5, 5.41) is 0. The molecule has 0 saturated heterocycles. The van der Waals surface area contributed by atoms with Gasteiger partial charge in [0.2, 0.25) is 0 Å². The molecule has 1 aromatic carbocycles. The first-order valence-electron chi connectivity index (χ1n) is 5.81. The van der Waals surface area contributed by atoms with E-state index in [2.05, 4.69) is 37.8 Å². The molecule has 0 radical (unpaired) electrons. The Labute approximate surface area is 98.8 Å². The Morgan fingerprint density at radius 2 is 2.00 bits per heavy atom. The Kier molecular flexibility index (Phi) is 4.92. The Morgan fingerprint density at radius 3 is 2.62 bits per heavy atom. The molecule has 0 unspecified atom stereocenters. The van der Waals surface area contributed by atoms with Crippen molar-refractivity contribution >= 4 is 0 Å². The largest absolute Gasteiger partial charge is 0.493 e. The first-order chi connectivity index (χ1) is 7.69. The van der Waals surface area contributed by atoms with Crippen LogP contribution in [0.4, 0.5) is 0 Å². The predicted molar refractivity (Wildman–Crippen MR) is 68.9 cm³/mol. The molecule has 0 aliphatic carbocycles. The number of rotatable bonds is 4. The Morgan fingerprint density at radius 1 is 1.25 bits per heavy atom. The second kappa shape index (κ2) is 6.23. The highest BCUT2D eigenvalue weighted by molar-refractivity contribution is 5.44. The molecule has 0 aliphatic rings. The fourth-order valence-electron chi connectivity index (χ4n) is 1.90. The second-order valence-corrected chi connectivity index (χ2v) is 3.93. The molecule has 0 N–H and O–H groups in total. The average Bonchev–Trinajstić information content (AvgIpc) is 2.23. The lowest BCUT2D eigenvalue weighted by molar-refractivity contribution is 0.334. The molecule has 0 amide bonds. The fourth-order valence-corrected chi connectivity index (χ4v) is 1.90. The van der Waals surface area contributed by atoms with Crippen molar-refractivity contribution in [1.82, 2.24) is 0 Å². The molecular formula is C15H20O. The lowest BCUT2D eigenvalue weighted by Gasteiger charge is -2.13. The van der Waals surface area contributed by atoms with E-state index >= 15 is 0 Å². The van der Waals surface area contributed by atoms with Crippen molar-refractivity contribution in [3.05, 3.63) is 28.8 Å². The molecule has 1 heteroatoms. The average molecular weight is 216 g/mol. The van der Waals surface area contributed by atoms with Gasteiger partial charge in [0.1, 0.15) is 5.75 Å². The molecule has 16 heavy (non-hydrogen) atoms. The third kappa shape index (κ3) is 3.31. The van der Waals surface area contributed by atoms with E-state index in [1.165, 1.54) is 16.7 Å². The van der Waals surface area contributed by atoms with Crippen LogP contribution in [-0.2, 0) is 6.42 Å². The third-order valence-corrected chi connectivity index (χ3v) is 2.48. The molecule has 0 bridgehead atoms. The van der Waals surface area contributed by atoms with E-state index in [-0.39, 0.29) is 0 Å². The summed E-state index contributed by atoms with van der Waals surface area (Å²) in [4.78, 5) is 0. The van der Waals surface area contributed by atoms with Crippen LogP contribution >= 0.6 is 0 Å². The van der Waals surface area contributed by atoms with Gasteiger partial charge in [-0.1, -0.05) is 17.7 Å². The van der Waals surface area contributed by atoms with Crippen LogP contribution in [0, 0.1) is 25.7 Å². The molecule has 86 valence electrons. The molecule has 0 aromatic heterocycles. The van der Waals surface area contributed by atoms with Crippen molar-refractivity contribution in [3.8, 4) is 17.6 Å². The van der Waals surface area contributed by atoms with Crippen LogP contribution < -0.4 is 4.74 Å². The van der Waals surface area contributed by atoms with Crippen molar-refractivity contribution in [1.29, 1.82) is 0 Å². The van der Waals surface area contributed by atoms with Gasteiger partial charge in [-0.3, -0.25) is 0 Å². The van der Waals surface area contributed by atoms with Crippen molar-refractivity contribution in [3.63, 3.8) is 0 Å². The summed E-state index contributed by atoms with van der Waals surface area (Å²) >= 11 is 0. The number of aryl methyl sites for hydroxylation is 3. The van der Waals surface area contributed by atoms with E-state index < -0.39 is 0 Å². The van der Waals surface area contributed by atoms with Gasteiger partial charge in [0, 0.05) is 6.42 Å². The van der Waals surface area contributed by atoms with Crippen LogP contribution in [0.25, 0.3) is 0 Å². The number of benzene rings is 1. The van der Waals surface area contributed by atoms with Crippen LogP contribution in [0.1, 0.15) is 37.0 Å². The SMILES string of the molecule is CC#CCCc1cc(C)cc(C)c1OCC. The zero-order valence-electron chi connectivity index (χ0n) is 10.7. The van der Waals surface area contributed by atoms with Crippen molar-refractivity contribution in [2.45, 2.75) is 40.5 Å². The zero-order valence-corrected chi connectivity index (χ0v) is 10.7. The van der Waals surface area contributed by atoms with Gasteiger partial charge in [-0.2, -0.15) is 0 Å². The van der Waals surface area contributed by atoms with Gasteiger partial charge < -0.3 is 4.74 Å². The van der Waals surface area contributed by atoms with Crippen molar-refractivity contribution < 1.29 is 4.74 Å².